The summed E-state index contributed by atoms with van der Waals surface area (Å²) >= 11 is 18.4. The normalized spacial score (nSPS) is 31.2. The first kappa shape index (κ1) is 20.8. The van der Waals surface area contributed by atoms with Gasteiger partial charge >= 0.3 is 5.97 Å². The maximum absolute atomic E-state index is 13.5. The van der Waals surface area contributed by atoms with Crippen molar-refractivity contribution in [2.75, 3.05) is 0 Å². The number of carbonyl (C=O) groups is 1. The van der Waals surface area contributed by atoms with Gasteiger partial charge in [0.05, 0.1) is 13.6 Å². The monoisotopic (exact) mass is 685 g/mol. The van der Waals surface area contributed by atoms with Crippen molar-refractivity contribution in [3.05, 3.63) is 33.3 Å². The van der Waals surface area contributed by atoms with Crippen LogP contribution in [-0.4, -0.2) is 19.5 Å². The lowest BCUT2D eigenvalue weighted by Crippen LogP contribution is -2.71. The van der Waals surface area contributed by atoms with Gasteiger partial charge in [-0.05, 0) is 46.3 Å². The van der Waals surface area contributed by atoms with Crippen LogP contribution >= 0.6 is 79.6 Å². The van der Waals surface area contributed by atoms with Crippen molar-refractivity contribution >= 4 is 96.5 Å². The number of carbonyl (C=O) groups excluding carboxylic acids is 1. The molecule has 0 radical (unpaired) electrons. The van der Waals surface area contributed by atoms with Gasteiger partial charge in [0, 0.05) is 26.3 Å². The number of fused-ring (bicyclic) bond motifs is 2. The summed E-state index contributed by atoms with van der Waals surface area (Å²) in [7, 11) is 0. The molecule has 27 heavy (non-hydrogen) atoms. The Morgan fingerprint density at radius 2 is 1.96 bits per heavy atom. The van der Waals surface area contributed by atoms with Crippen LogP contribution in [0.2, 0.25) is 0 Å². The van der Waals surface area contributed by atoms with Crippen molar-refractivity contribution in [2.45, 2.75) is 35.3 Å². The number of benzene rings is 1. The highest BCUT2D eigenvalue weighted by molar-refractivity contribution is 9.24. The molecule has 3 fully saturated rings. The van der Waals surface area contributed by atoms with E-state index >= 15 is 0 Å². The third-order valence-corrected chi connectivity index (χ3v) is 11.3. The van der Waals surface area contributed by atoms with Gasteiger partial charge in [0.1, 0.15) is 5.52 Å². The lowest BCUT2D eigenvalue weighted by Gasteiger charge is -2.65. The van der Waals surface area contributed by atoms with Crippen LogP contribution in [0.15, 0.2) is 33.3 Å². The Bertz CT molecular complexity index is 963. The number of aromatic nitrogens is 1. The zero-order chi connectivity index (χ0) is 19.8. The molecule has 144 valence electrons. The standard InChI is InChI=1S/C19H16Br5NO2/c1-17(2)18(15(23)24)5-6-19(17,14(18)22)16(26)27-13-11(21)8-10(20)9-4-3-7-25-12(9)13/h3-4,7-8,14-15H,5-6H2,1-2H3. The van der Waals surface area contributed by atoms with E-state index in [1.807, 2.05) is 18.2 Å². The van der Waals surface area contributed by atoms with Crippen molar-refractivity contribution in [2.24, 2.45) is 16.2 Å². The molecule has 1 heterocycles. The average Bonchev–Trinajstić information content (AvgIpc) is 3.08. The minimum Gasteiger partial charge on any atom is -0.423 e. The van der Waals surface area contributed by atoms with Gasteiger partial charge in [-0.15, -0.1) is 0 Å². The van der Waals surface area contributed by atoms with Crippen LogP contribution < -0.4 is 4.74 Å². The van der Waals surface area contributed by atoms with Gasteiger partial charge in [0.2, 0.25) is 0 Å². The second-order valence-corrected chi connectivity index (χ2v) is 13.4. The van der Waals surface area contributed by atoms with E-state index in [1.54, 1.807) is 6.20 Å². The fourth-order valence-corrected chi connectivity index (χ4v) is 11.3. The second-order valence-electron chi connectivity index (χ2n) is 7.76. The topological polar surface area (TPSA) is 39.2 Å². The van der Waals surface area contributed by atoms with E-state index in [0.29, 0.717) is 15.7 Å². The first-order chi connectivity index (χ1) is 12.6. The second kappa shape index (κ2) is 6.76. The molecular formula is C19H16Br5NO2. The largest absolute Gasteiger partial charge is 0.423 e. The van der Waals surface area contributed by atoms with E-state index in [1.165, 1.54) is 0 Å². The Balaban J connectivity index is 1.76. The molecule has 1 aromatic carbocycles. The lowest BCUT2D eigenvalue weighted by atomic mass is 9.43. The highest BCUT2D eigenvalue weighted by Crippen LogP contribution is 2.82. The number of pyridine rings is 1. The van der Waals surface area contributed by atoms with Crippen LogP contribution in [0.25, 0.3) is 10.9 Å². The van der Waals surface area contributed by atoms with Gasteiger partial charge in [0.25, 0.3) is 0 Å². The molecular weight excluding hydrogens is 674 g/mol. The van der Waals surface area contributed by atoms with Crippen LogP contribution in [0, 0.1) is 16.2 Å². The molecule has 0 aliphatic heterocycles. The molecule has 3 unspecified atom stereocenters. The summed E-state index contributed by atoms with van der Waals surface area (Å²) in [4.78, 5) is 18.0. The molecule has 3 aliphatic rings. The smallest absolute Gasteiger partial charge is 0.319 e. The van der Waals surface area contributed by atoms with E-state index in [9.17, 15) is 4.79 Å². The fraction of sp³-hybridized carbons (Fsp3) is 0.474. The Labute approximate surface area is 200 Å². The van der Waals surface area contributed by atoms with Gasteiger partial charge in [-0.2, -0.15) is 0 Å². The summed E-state index contributed by atoms with van der Waals surface area (Å²) < 4.78 is 7.77. The number of hydrogen-bond acceptors (Lipinski definition) is 3. The Morgan fingerprint density at radius 1 is 1.26 bits per heavy atom. The van der Waals surface area contributed by atoms with Crippen LogP contribution in [0.4, 0.5) is 0 Å². The van der Waals surface area contributed by atoms with E-state index in [2.05, 4.69) is 98.5 Å². The van der Waals surface area contributed by atoms with E-state index < -0.39 is 5.41 Å². The SMILES string of the molecule is CC1(C)C2(C(=O)Oc3c(Br)cc(Br)c4cccnc34)CCC1(C(Br)Br)C2Br. The molecule has 5 rings (SSSR count). The Kier molecular flexibility index (Phi) is 5.20. The molecule has 0 amide bonds. The minimum absolute atomic E-state index is 0.0384. The number of alkyl halides is 3. The van der Waals surface area contributed by atoms with Crippen molar-refractivity contribution in [1.82, 2.24) is 4.98 Å². The Morgan fingerprint density at radius 3 is 2.56 bits per heavy atom. The molecule has 2 bridgehead atoms. The van der Waals surface area contributed by atoms with Gasteiger partial charge in [-0.3, -0.25) is 9.78 Å². The molecule has 0 saturated heterocycles. The zero-order valence-electron chi connectivity index (χ0n) is 14.5. The molecule has 3 nitrogen and oxygen atoms in total. The number of rotatable bonds is 3. The summed E-state index contributed by atoms with van der Waals surface area (Å²) in [6, 6.07) is 5.72. The first-order valence-corrected chi connectivity index (χ1v) is 12.8. The molecule has 3 aliphatic carbocycles. The average molecular weight is 690 g/mol. The van der Waals surface area contributed by atoms with E-state index in [4.69, 9.17) is 4.74 Å². The molecule has 8 heteroatoms. The van der Waals surface area contributed by atoms with Gasteiger partial charge < -0.3 is 4.74 Å². The van der Waals surface area contributed by atoms with Crippen LogP contribution in [0.3, 0.4) is 0 Å². The number of esters is 1. The highest BCUT2D eigenvalue weighted by Gasteiger charge is 2.84. The van der Waals surface area contributed by atoms with Crippen LogP contribution in [0.1, 0.15) is 26.7 Å². The predicted octanol–water partition coefficient (Wildman–Crippen LogP) is 7.35. The lowest BCUT2D eigenvalue weighted by molar-refractivity contribution is -0.176. The molecule has 3 atom stereocenters. The van der Waals surface area contributed by atoms with Crippen LogP contribution in [-0.2, 0) is 4.79 Å². The summed E-state index contributed by atoms with van der Waals surface area (Å²) in [5.74, 6) is 0.278. The van der Waals surface area contributed by atoms with Crippen molar-refractivity contribution in [1.29, 1.82) is 0 Å². The summed E-state index contributed by atoms with van der Waals surface area (Å²) in [5.41, 5.74) is -0.160. The maximum Gasteiger partial charge on any atom is 0.319 e. The molecule has 0 spiro atoms. The first-order valence-electron chi connectivity index (χ1n) is 8.48. The van der Waals surface area contributed by atoms with Crippen molar-refractivity contribution in [3.8, 4) is 5.75 Å². The van der Waals surface area contributed by atoms with E-state index in [-0.39, 0.29) is 25.4 Å². The Hall–Kier alpha value is 0.500. The number of nitrogens with zero attached hydrogens (tertiary/aromatic N) is 1. The van der Waals surface area contributed by atoms with Crippen molar-refractivity contribution in [3.63, 3.8) is 0 Å². The third kappa shape index (κ3) is 2.45. The molecule has 2 aromatic rings. The number of halogens is 5. The quantitative estimate of drug-likeness (QED) is 0.192. The van der Waals surface area contributed by atoms with Gasteiger partial charge in [0.15, 0.2) is 5.75 Å². The van der Waals surface area contributed by atoms with E-state index in [0.717, 1.165) is 22.7 Å². The van der Waals surface area contributed by atoms with Gasteiger partial charge in [-0.1, -0.05) is 83.6 Å². The third-order valence-electron chi connectivity index (χ3n) is 6.80. The van der Waals surface area contributed by atoms with Gasteiger partial charge in [-0.25, -0.2) is 0 Å². The number of ether oxygens (including phenoxy) is 1. The fourth-order valence-electron chi connectivity index (χ4n) is 5.07. The zero-order valence-corrected chi connectivity index (χ0v) is 22.5. The summed E-state index contributed by atoms with van der Waals surface area (Å²) in [5, 5.41) is 0.908. The minimum atomic E-state index is -0.569. The summed E-state index contributed by atoms with van der Waals surface area (Å²) in [6.07, 6.45) is 3.45. The molecule has 3 saturated carbocycles. The summed E-state index contributed by atoms with van der Waals surface area (Å²) in [6.45, 7) is 4.34. The van der Waals surface area contributed by atoms with Crippen molar-refractivity contribution < 1.29 is 9.53 Å². The molecule has 0 N–H and O–H groups in total. The van der Waals surface area contributed by atoms with Crippen LogP contribution in [0.5, 0.6) is 5.75 Å². The highest BCUT2D eigenvalue weighted by atomic mass is 79.9. The maximum atomic E-state index is 13.5. The molecule has 1 aromatic heterocycles. The number of hydrogen-bond donors (Lipinski definition) is 0. The predicted molar refractivity (Wildman–Crippen MR) is 125 cm³/mol.